The van der Waals surface area contributed by atoms with Gasteiger partial charge in [-0.05, 0) is 36.2 Å². The highest BCUT2D eigenvalue weighted by molar-refractivity contribution is 7.21. The minimum atomic E-state index is -0.170. The molecule has 1 aromatic carbocycles. The number of rotatable bonds is 5. The Morgan fingerprint density at radius 2 is 1.89 bits per heavy atom. The van der Waals surface area contributed by atoms with Crippen LogP contribution in [-0.4, -0.2) is 43.6 Å². The molecule has 0 radical (unpaired) electrons. The van der Waals surface area contributed by atoms with Crippen LogP contribution in [0.15, 0.2) is 36.4 Å². The Labute approximate surface area is 167 Å². The van der Waals surface area contributed by atoms with E-state index < -0.39 is 0 Å². The molecule has 2 aromatic heterocycles. The van der Waals surface area contributed by atoms with Gasteiger partial charge in [-0.15, -0.1) is 11.3 Å². The first-order chi connectivity index (χ1) is 13.6. The number of nitrogens with zero attached hydrogens (tertiary/aromatic N) is 2. The molecule has 8 heteroatoms. The maximum atomic E-state index is 12.5. The molecule has 3 aromatic rings. The summed E-state index contributed by atoms with van der Waals surface area (Å²) in [6.07, 6.45) is 0.767. The summed E-state index contributed by atoms with van der Waals surface area (Å²) < 4.78 is 0. The maximum absolute atomic E-state index is 12.5. The van der Waals surface area contributed by atoms with Crippen LogP contribution in [0.1, 0.15) is 15.2 Å². The SMILES string of the molecule is Nc1ccc2c(N)c(C(=O)NCCc3ccc(N4CCNCC4)cc3)sc2n1. The number of carbonyl (C=O) groups is 1. The zero-order chi connectivity index (χ0) is 19.5. The minimum absolute atomic E-state index is 0.170. The smallest absolute Gasteiger partial charge is 0.263 e. The predicted molar refractivity (Wildman–Crippen MR) is 116 cm³/mol. The molecule has 4 rings (SSSR count). The Morgan fingerprint density at radius 3 is 2.64 bits per heavy atom. The van der Waals surface area contributed by atoms with Gasteiger partial charge in [0.05, 0.1) is 5.69 Å². The van der Waals surface area contributed by atoms with Crippen LogP contribution in [0.2, 0.25) is 0 Å². The number of amides is 1. The van der Waals surface area contributed by atoms with Gasteiger partial charge in [0.2, 0.25) is 0 Å². The molecule has 146 valence electrons. The fourth-order valence-electron chi connectivity index (χ4n) is 3.38. The lowest BCUT2D eigenvalue weighted by molar-refractivity contribution is 0.0959. The van der Waals surface area contributed by atoms with Crippen molar-refractivity contribution in [2.45, 2.75) is 6.42 Å². The topological polar surface area (TPSA) is 109 Å². The number of carbonyl (C=O) groups excluding carboxylic acids is 1. The standard InChI is InChI=1S/C20H24N6OS/c21-16-6-5-15-17(22)18(28-20(15)25-16)19(27)24-8-7-13-1-3-14(4-2-13)26-11-9-23-10-12-26/h1-6,23H,7-12,22H2,(H2,21,25)(H,24,27). The first-order valence-corrected chi connectivity index (χ1v) is 10.2. The third-order valence-corrected chi connectivity index (χ3v) is 6.05. The van der Waals surface area contributed by atoms with Crippen molar-refractivity contribution in [3.8, 4) is 0 Å². The van der Waals surface area contributed by atoms with E-state index in [1.165, 1.54) is 22.6 Å². The number of benzene rings is 1. The van der Waals surface area contributed by atoms with E-state index in [2.05, 4.69) is 44.8 Å². The van der Waals surface area contributed by atoms with Gasteiger partial charge in [-0.25, -0.2) is 4.98 Å². The lowest BCUT2D eigenvalue weighted by atomic mass is 10.1. The summed E-state index contributed by atoms with van der Waals surface area (Å²) in [5.41, 5.74) is 14.7. The molecule has 1 saturated heterocycles. The zero-order valence-corrected chi connectivity index (χ0v) is 16.4. The van der Waals surface area contributed by atoms with E-state index in [0.29, 0.717) is 27.8 Å². The summed E-state index contributed by atoms with van der Waals surface area (Å²) in [6.45, 7) is 4.67. The van der Waals surface area contributed by atoms with E-state index in [1.807, 2.05) is 0 Å². The Kier molecular flexibility index (Phi) is 5.31. The first-order valence-electron chi connectivity index (χ1n) is 9.39. The zero-order valence-electron chi connectivity index (χ0n) is 15.6. The second-order valence-electron chi connectivity index (χ2n) is 6.84. The highest BCUT2D eigenvalue weighted by Crippen LogP contribution is 2.32. The largest absolute Gasteiger partial charge is 0.397 e. The van der Waals surface area contributed by atoms with Crippen molar-refractivity contribution in [3.63, 3.8) is 0 Å². The Balaban J connectivity index is 1.34. The average molecular weight is 397 g/mol. The molecule has 1 aliphatic rings. The first kappa shape index (κ1) is 18.5. The molecule has 7 nitrogen and oxygen atoms in total. The number of nitrogen functional groups attached to an aromatic ring is 2. The lowest BCUT2D eigenvalue weighted by Crippen LogP contribution is -2.43. The van der Waals surface area contributed by atoms with Gasteiger partial charge in [-0.3, -0.25) is 4.79 Å². The summed E-state index contributed by atoms with van der Waals surface area (Å²) >= 11 is 1.27. The van der Waals surface area contributed by atoms with Crippen LogP contribution in [0.25, 0.3) is 10.2 Å². The summed E-state index contributed by atoms with van der Waals surface area (Å²) in [4.78, 5) is 20.3. The van der Waals surface area contributed by atoms with Gasteiger partial charge in [0.15, 0.2) is 0 Å². The number of aromatic nitrogens is 1. The van der Waals surface area contributed by atoms with Crippen LogP contribution in [0.3, 0.4) is 0 Å². The van der Waals surface area contributed by atoms with Crippen molar-refractivity contribution in [2.24, 2.45) is 0 Å². The van der Waals surface area contributed by atoms with Crippen LogP contribution < -0.4 is 27.0 Å². The van der Waals surface area contributed by atoms with E-state index in [4.69, 9.17) is 11.5 Å². The van der Waals surface area contributed by atoms with Crippen molar-refractivity contribution in [1.82, 2.24) is 15.6 Å². The molecule has 0 bridgehead atoms. The third kappa shape index (κ3) is 3.88. The Hall–Kier alpha value is -2.84. The van der Waals surface area contributed by atoms with Gasteiger partial charge in [0.25, 0.3) is 5.91 Å². The molecule has 0 atom stereocenters. The predicted octanol–water partition coefficient (Wildman–Crippen LogP) is 1.84. The third-order valence-electron chi connectivity index (χ3n) is 4.94. The highest BCUT2D eigenvalue weighted by Gasteiger charge is 2.17. The summed E-state index contributed by atoms with van der Waals surface area (Å²) in [5, 5.41) is 7.09. The molecule has 0 aliphatic carbocycles. The van der Waals surface area contributed by atoms with E-state index in [1.54, 1.807) is 12.1 Å². The molecule has 0 unspecified atom stereocenters. The second-order valence-corrected chi connectivity index (χ2v) is 7.84. The molecule has 1 amide bonds. The van der Waals surface area contributed by atoms with Gasteiger partial charge in [-0.2, -0.15) is 0 Å². The number of pyridine rings is 1. The molecule has 1 fully saturated rings. The Morgan fingerprint density at radius 1 is 1.14 bits per heavy atom. The summed E-state index contributed by atoms with van der Waals surface area (Å²) in [6, 6.07) is 12.1. The fourth-order valence-corrected chi connectivity index (χ4v) is 4.39. The molecular weight excluding hydrogens is 372 g/mol. The van der Waals surface area contributed by atoms with Gasteiger partial charge < -0.3 is 27.0 Å². The molecule has 28 heavy (non-hydrogen) atoms. The Bertz CT molecular complexity index is 978. The number of nitrogens with one attached hydrogen (secondary N) is 2. The molecule has 3 heterocycles. The van der Waals surface area contributed by atoms with Crippen LogP contribution in [0.5, 0.6) is 0 Å². The van der Waals surface area contributed by atoms with Gasteiger partial charge in [0.1, 0.15) is 15.5 Å². The number of hydrogen-bond acceptors (Lipinski definition) is 7. The number of fused-ring (bicyclic) bond motifs is 1. The van der Waals surface area contributed by atoms with Gasteiger partial charge >= 0.3 is 0 Å². The lowest BCUT2D eigenvalue weighted by Gasteiger charge is -2.29. The molecule has 6 N–H and O–H groups in total. The van der Waals surface area contributed by atoms with Crippen molar-refractivity contribution in [3.05, 3.63) is 46.8 Å². The number of anilines is 3. The van der Waals surface area contributed by atoms with Crippen LogP contribution in [0, 0.1) is 0 Å². The van der Waals surface area contributed by atoms with Gasteiger partial charge in [-0.1, -0.05) is 12.1 Å². The van der Waals surface area contributed by atoms with Crippen LogP contribution >= 0.6 is 11.3 Å². The maximum Gasteiger partial charge on any atom is 0.263 e. The second kappa shape index (κ2) is 8.04. The van der Waals surface area contributed by atoms with Crippen molar-refractivity contribution < 1.29 is 4.79 Å². The summed E-state index contributed by atoms with van der Waals surface area (Å²) in [5.74, 6) is 0.251. The number of nitrogens with two attached hydrogens (primary N) is 2. The van der Waals surface area contributed by atoms with Crippen LogP contribution in [0.4, 0.5) is 17.2 Å². The average Bonchev–Trinajstić information content (AvgIpc) is 3.05. The minimum Gasteiger partial charge on any atom is -0.397 e. The fraction of sp³-hybridized carbons (Fsp3) is 0.300. The quantitative estimate of drug-likeness (QED) is 0.524. The van der Waals surface area contributed by atoms with E-state index >= 15 is 0 Å². The number of thiophene rings is 1. The van der Waals surface area contributed by atoms with Gasteiger partial charge in [0, 0.05) is 43.8 Å². The van der Waals surface area contributed by atoms with E-state index in [9.17, 15) is 4.79 Å². The van der Waals surface area contributed by atoms with Crippen molar-refractivity contribution >= 4 is 44.7 Å². The van der Waals surface area contributed by atoms with E-state index in [0.717, 1.165) is 38.0 Å². The van der Waals surface area contributed by atoms with E-state index in [-0.39, 0.29) is 5.91 Å². The van der Waals surface area contributed by atoms with Crippen molar-refractivity contribution in [2.75, 3.05) is 49.1 Å². The van der Waals surface area contributed by atoms with Crippen molar-refractivity contribution in [1.29, 1.82) is 0 Å². The molecule has 0 saturated carbocycles. The monoisotopic (exact) mass is 396 g/mol. The number of hydrogen-bond donors (Lipinski definition) is 4. The molecule has 0 spiro atoms. The number of piperazine rings is 1. The molecular formula is C20H24N6OS. The highest BCUT2D eigenvalue weighted by atomic mass is 32.1. The summed E-state index contributed by atoms with van der Waals surface area (Å²) in [7, 11) is 0. The normalized spacial score (nSPS) is 14.4. The molecule has 1 aliphatic heterocycles. The van der Waals surface area contributed by atoms with Crippen LogP contribution in [-0.2, 0) is 6.42 Å².